The second kappa shape index (κ2) is 13.8. The number of unbranched alkanes of at least 4 members (excludes halogenated alkanes) is 9. The highest BCUT2D eigenvalue weighted by Crippen LogP contribution is 2.11. The van der Waals surface area contributed by atoms with Crippen molar-refractivity contribution in [2.45, 2.75) is 78.1 Å². The summed E-state index contributed by atoms with van der Waals surface area (Å²) in [5, 5.41) is 0. The van der Waals surface area contributed by atoms with Crippen LogP contribution in [-0.4, -0.2) is 24.7 Å². The van der Waals surface area contributed by atoms with E-state index in [1.807, 2.05) is 0 Å². The maximum atomic E-state index is 6.06. The van der Waals surface area contributed by atoms with Gasteiger partial charge in [0.15, 0.2) is 0 Å². The number of nitrogens with zero attached hydrogens (tertiary/aromatic N) is 1. The Morgan fingerprint density at radius 1 is 0.722 bits per heavy atom. The Morgan fingerprint density at radius 3 is 1.50 bits per heavy atom. The molecule has 0 amide bonds. The minimum absolute atomic E-state index is 0. The molecule has 0 saturated carbocycles. The first-order valence-electron chi connectivity index (χ1n) is 7.75. The summed E-state index contributed by atoms with van der Waals surface area (Å²) in [5.74, 6) is 6.06. The topological polar surface area (TPSA) is 26.0 Å². The molecule has 0 fully saturated rings. The lowest BCUT2D eigenvalue weighted by molar-refractivity contribution is -0.919. The van der Waals surface area contributed by atoms with Crippen molar-refractivity contribution in [1.29, 1.82) is 0 Å². The molecule has 1 unspecified atom stereocenters. The highest BCUT2D eigenvalue weighted by molar-refractivity contribution is 4.47. The van der Waals surface area contributed by atoms with Crippen molar-refractivity contribution in [2.24, 2.45) is 5.84 Å². The van der Waals surface area contributed by atoms with Gasteiger partial charge in [-0.05, 0) is 19.8 Å². The minimum Gasteiger partial charge on any atom is -1.00 e. The monoisotopic (exact) mass is 322 g/mol. The summed E-state index contributed by atoms with van der Waals surface area (Å²) in [6.07, 6.45) is 14.0. The van der Waals surface area contributed by atoms with Crippen LogP contribution in [-0.2, 0) is 0 Å². The van der Waals surface area contributed by atoms with Crippen LogP contribution >= 0.6 is 0 Å². The molecule has 112 valence electrons. The van der Waals surface area contributed by atoms with E-state index in [1.54, 1.807) is 0 Å². The van der Waals surface area contributed by atoms with Gasteiger partial charge in [-0.25, -0.2) is 0 Å². The first-order valence-corrected chi connectivity index (χ1v) is 7.75. The zero-order valence-electron chi connectivity index (χ0n) is 12.9. The fourth-order valence-electron chi connectivity index (χ4n) is 2.12. The van der Waals surface area contributed by atoms with E-state index >= 15 is 0 Å². The lowest BCUT2D eigenvalue weighted by atomic mass is 10.1. The number of nitrogens with two attached hydrogens (primary N) is 1. The first kappa shape index (κ1) is 20.7. The van der Waals surface area contributed by atoms with Gasteiger partial charge in [0.2, 0.25) is 0 Å². The molecule has 1 atom stereocenters. The SMILES string of the molecule is CCCCCCCCCCCC[N+](C)(N)CC.[Br-]. The molecule has 0 spiro atoms. The van der Waals surface area contributed by atoms with Gasteiger partial charge in [-0.1, -0.05) is 58.3 Å². The van der Waals surface area contributed by atoms with Gasteiger partial charge < -0.3 is 17.0 Å². The molecule has 2 nitrogen and oxygen atoms in total. The Bertz CT molecular complexity index is 161. The van der Waals surface area contributed by atoms with Crippen LogP contribution in [0.3, 0.4) is 0 Å². The summed E-state index contributed by atoms with van der Waals surface area (Å²) >= 11 is 0. The molecule has 0 aliphatic heterocycles. The van der Waals surface area contributed by atoms with Gasteiger partial charge in [0.05, 0.1) is 20.1 Å². The summed E-state index contributed by atoms with van der Waals surface area (Å²) in [5.41, 5.74) is 0. The molecule has 0 aromatic carbocycles. The average Bonchev–Trinajstić information content (AvgIpc) is 2.31. The lowest BCUT2D eigenvalue weighted by Crippen LogP contribution is -3.00. The Hall–Kier alpha value is 0.400. The van der Waals surface area contributed by atoms with Crippen molar-refractivity contribution in [2.75, 3.05) is 20.1 Å². The van der Waals surface area contributed by atoms with Crippen molar-refractivity contribution >= 4 is 0 Å². The second-order valence-electron chi connectivity index (χ2n) is 5.70. The molecule has 2 N–H and O–H groups in total. The van der Waals surface area contributed by atoms with Crippen molar-refractivity contribution in [3.8, 4) is 0 Å². The van der Waals surface area contributed by atoms with E-state index in [0.29, 0.717) is 4.59 Å². The first-order chi connectivity index (χ1) is 8.12. The average molecular weight is 323 g/mol. The van der Waals surface area contributed by atoms with Crippen LogP contribution in [0.15, 0.2) is 0 Å². The van der Waals surface area contributed by atoms with Crippen LogP contribution in [0.25, 0.3) is 0 Å². The van der Waals surface area contributed by atoms with E-state index in [2.05, 4.69) is 20.9 Å². The third-order valence-corrected chi connectivity index (χ3v) is 3.74. The standard InChI is InChI=1S/C15H35N2.BrH/c1-4-6-7-8-9-10-11-12-13-14-15-17(3,16)5-2;/h4-16H2,1-3H3;1H/q+1;/p-1. The fraction of sp³-hybridized carbons (Fsp3) is 1.00. The van der Waals surface area contributed by atoms with Crippen molar-refractivity contribution in [3.05, 3.63) is 0 Å². The number of halogens is 1. The molecule has 0 aliphatic carbocycles. The number of quaternary nitrogens is 1. The van der Waals surface area contributed by atoms with Crippen LogP contribution in [0.2, 0.25) is 0 Å². The summed E-state index contributed by atoms with van der Waals surface area (Å²) in [6.45, 7) is 6.61. The van der Waals surface area contributed by atoms with E-state index < -0.39 is 0 Å². The lowest BCUT2D eigenvalue weighted by Gasteiger charge is -2.26. The van der Waals surface area contributed by atoms with Gasteiger partial charge in [0, 0.05) is 0 Å². The maximum absolute atomic E-state index is 6.06. The Kier molecular flexibility index (Phi) is 15.9. The Morgan fingerprint density at radius 2 is 1.11 bits per heavy atom. The number of rotatable bonds is 12. The number of hydrogen-bond donors (Lipinski definition) is 1. The van der Waals surface area contributed by atoms with E-state index in [9.17, 15) is 0 Å². The van der Waals surface area contributed by atoms with Crippen molar-refractivity contribution in [3.63, 3.8) is 0 Å². The third-order valence-electron chi connectivity index (χ3n) is 3.74. The summed E-state index contributed by atoms with van der Waals surface area (Å²) in [6, 6.07) is 0. The van der Waals surface area contributed by atoms with Gasteiger partial charge in [-0.2, -0.15) is 5.84 Å². The van der Waals surface area contributed by atoms with Gasteiger partial charge in [0.1, 0.15) is 0 Å². The second-order valence-corrected chi connectivity index (χ2v) is 5.70. The maximum Gasteiger partial charge on any atom is 0.0957 e. The van der Waals surface area contributed by atoms with Crippen LogP contribution in [0.1, 0.15) is 78.1 Å². The van der Waals surface area contributed by atoms with Gasteiger partial charge in [0.25, 0.3) is 0 Å². The molecular weight excluding hydrogens is 288 g/mol. The third kappa shape index (κ3) is 14.5. The molecule has 0 heterocycles. The zero-order valence-corrected chi connectivity index (χ0v) is 14.5. The van der Waals surface area contributed by atoms with Crippen LogP contribution in [0, 0.1) is 0 Å². The van der Waals surface area contributed by atoms with Crippen molar-refractivity contribution < 1.29 is 21.6 Å². The molecular formula is C15H35BrN2. The molecule has 0 aromatic rings. The van der Waals surface area contributed by atoms with Crippen LogP contribution in [0.4, 0.5) is 0 Å². The smallest absolute Gasteiger partial charge is 0.0957 e. The van der Waals surface area contributed by atoms with Gasteiger partial charge in [-0.15, -0.1) is 0 Å². The summed E-state index contributed by atoms with van der Waals surface area (Å²) < 4.78 is 0.691. The molecule has 0 aliphatic rings. The minimum atomic E-state index is 0. The Labute approximate surface area is 126 Å². The van der Waals surface area contributed by atoms with Crippen molar-refractivity contribution in [1.82, 2.24) is 0 Å². The van der Waals surface area contributed by atoms with E-state index in [-0.39, 0.29) is 17.0 Å². The van der Waals surface area contributed by atoms with Gasteiger partial charge >= 0.3 is 0 Å². The Balaban J connectivity index is 0. The highest BCUT2D eigenvalue weighted by atomic mass is 79.9. The predicted molar refractivity (Wildman–Crippen MR) is 77.6 cm³/mol. The van der Waals surface area contributed by atoms with Crippen LogP contribution < -0.4 is 22.8 Å². The molecule has 0 aromatic heterocycles. The van der Waals surface area contributed by atoms with E-state index in [0.717, 1.165) is 13.1 Å². The van der Waals surface area contributed by atoms with Crippen LogP contribution in [0.5, 0.6) is 0 Å². The van der Waals surface area contributed by atoms with E-state index in [1.165, 1.54) is 64.2 Å². The zero-order chi connectivity index (χ0) is 13.0. The predicted octanol–water partition coefficient (Wildman–Crippen LogP) is 1.25. The molecule has 0 rings (SSSR count). The summed E-state index contributed by atoms with van der Waals surface area (Å²) in [4.78, 5) is 0. The number of hydrogen-bond acceptors (Lipinski definition) is 1. The quantitative estimate of drug-likeness (QED) is 0.249. The largest absolute Gasteiger partial charge is 1.00 e. The highest BCUT2D eigenvalue weighted by Gasteiger charge is 2.11. The van der Waals surface area contributed by atoms with E-state index in [4.69, 9.17) is 5.84 Å². The molecule has 3 heteroatoms. The fourth-order valence-corrected chi connectivity index (χ4v) is 2.12. The molecule has 0 bridgehead atoms. The summed E-state index contributed by atoms with van der Waals surface area (Å²) in [7, 11) is 2.12. The molecule has 18 heavy (non-hydrogen) atoms. The normalized spacial score (nSPS) is 14.0. The molecule has 0 saturated heterocycles. The van der Waals surface area contributed by atoms with Gasteiger partial charge in [-0.3, -0.25) is 4.59 Å². The molecule has 0 radical (unpaired) electrons.